The van der Waals surface area contributed by atoms with Gasteiger partial charge in [0.15, 0.2) is 0 Å². The summed E-state index contributed by atoms with van der Waals surface area (Å²) in [6.45, 7) is 2.85. The molecular formula is C16H24N2O. The summed E-state index contributed by atoms with van der Waals surface area (Å²) in [6.07, 6.45) is 4.54. The minimum Gasteiger partial charge on any atom is -0.370 e. The zero-order chi connectivity index (χ0) is 13.7. The molecular weight excluding hydrogens is 236 g/mol. The lowest BCUT2D eigenvalue weighted by Crippen LogP contribution is -2.41. The van der Waals surface area contributed by atoms with Gasteiger partial charge in [-0.15, -0.1) is 0 Å². The van der Waals surface area contributed by atoms with Crippen molar-refractivity contribution in [2.45, 2.75) is 38.6 Å². The van der Waals surface area contributed by atoms with Gasteiger partial charge in [-0.25, -0.2) is 0 Å². The highest BCUT2D eigenvalue weighted by Crippen LogP contribution is 2.24. The summed E-state index contributed by atoms with van der Waals surface area (Å²) >= 11 is 0. The van der Waals surface area contributed by atoms with Gasteiger partial charge in [0.05, 0.1) is 0 Å². The van der Waals surface area contributed by atoms with Crippen LogP contribution in [0.3, 0.4) is 0 Å². The van der Waals surface area contributed by atoms with E-state index < -0.39 is 0 Å². The topological polar surface area (TPSA) is 32.3 Å². The first-order chi connectivity index (χ1) is 9.18. The molecule has 1 N–H and O–H groups in total. The minimum atomic E-state index is 0.241. The number of rotatable bonds is 5. The van der Waals surface area contributed by atoms with Crippen molar-refractivity contribution in [3.8, 4) is 0 Å². The summed E-state index contributed by atoms with van der Waals surface area (Å²) in [4.78, 5) is 14.2. The number of carbonyl (C=O) groups is 1. The summed E-state index contributed by atoms with van der Waals surface area (Å²) < 4.78 is 0. The summed E-state index contributed by atoms with van der Waals surface area (Å²) in [6, 6.07) is 10.6. The Hall–Kier alpha value is -1.51. The number of carbonyl (C=O) groups excluding carboxylic acids is 1. The number of para-hydroxylation sites is 1. The molecule has 1 aliphatic carbocycles. The monoisotopic (exact) mass is 260 g/mol. The van der Waals surface area contributed by atoms with Crippen molar-refractivity contribution < 1.29 is 4.79 Å². The molecule has 3 heteroatoms. The van der Waals surface area contributed by atoms with Crippen LogP contribution in [0.1, 0.15) is 32.6 Å². The number of nitrogens with one attached hydrogen (secondary N) is 1. The first kappa shape index (κ1) is 13.9. The average Bonchev–Trinajstić information content (AvgIpc) is 2.98. The lowest BCUT2D eigenvalue weighted by molar-refractivity contribution is -0.124. The molecule has 2 rings (SSSR count). The molecule has 19 heavy (non-hydrogen) atoms. The molecule has 1 aromatic rings. The zero-order valence-electron chi connectivity index (χ0n) is 11.9. The van der Waals surface area contributed by atoms with Crippen molar-refractivity contribution in [3.63, 3.8) is 0 Å². The summed E-state index contributed by atoms with van der Waals surface area (Å²) in [5.41, 5.74) is 1.19. The van der Waals surface area contributed by atoms with Crippen molar-refractivity contribution in [2.24, 2.45) is 5.92 Å². The Morgan fingerprint density at radius 3 is 2.58 bits per heavy atom. The van der Waals surface area contributed by atoms with Gasteiger partial charge in [0, 0.05) is 31.2 Å². The first-order valence-electron chi connectivity index (χ1n) is 7.24. The molecule has 0 heterocycles. The van der Waals surface area contributed by atoms with E-state index in [0.29, 0.717) is 12.6 Å². The molecule has 0 radical (unpaired) electrons. The molecule has 1 unspecified atom stereocenters. The van der Waals surface area contributed by atoms with E-state index >= 15 is 0 Å². The van der Waals surface area contributed by atoms with Crippen molar-refractivity contribution >= 4 is 11.6 Å². The Kier molecular flexibility index (Phi) is 4.83. The van der Waals surface area contributed by atoms with E-state index in [4.69, 9.17) is 0 Å². The third kappa shape index (κ3) is 3.72. The Morgan fingerprint density at radius 1 is 1.32 bits per heavy atom. The van der Waals surface area contributed by atoms with Gasteiger partial charge in [-0.2, -0.15) is 0 Å². The summed E-state index contributed by atoms with van der Waals surface area (Å²) in [7, 11) is 2.07. The van der Waals surface area contributed by atoms with Crippen LogP contribution >= 0.6 is 0 Å². The molecule has 0 aromatic heterocycles. The number of amides is 1. The Morgan fingerprint density at radius 2 is 1.95 bits per heavy atom. The number of hydrogen-bond acceptors (Lipinski definition) is 2. The number of hydrogen-bond donors (Lipinski definition) is 1. The standard InChI is InChI=1S/C16H24N2O/c1-13(18(2)15-10-4-3-5-11-15)12-17-16(19)14-8-6-7-9-14/h3-5,10-11,13-14H,6-9,12H2,1-2H3,(H,17,19). The van der Waals surface area contributed by atoms with Gasteiger partial charge in [-0.1, -0.05) is 31.0 Å². The second-order valence-corrected chi connectivity index (χ2v) is 5.52. The maximum absolute atomic E-state index is 12.0. The molecule has 1 fully saturated rings. The summed E-state index contributed by atoms with van der Waals surface area (Å²) in [5.74, 6) is 0.500. The van der Waals surface area contributed by atoms with Crippen molar-refractivity contribution in [2.75, 3.05) is 18.5 Å². The molecule has 0 spiro atoms. The van der Waals surface area contributed by atoms with Gasteiger partial charge in [0.25, 0.3) is 0 Å². The Bertz CT molecular complexity index is 398. The minimum absolute atomic E-state index is 0.241. The van der Waals surface area contributed by atoms with E-state index in [0.717, 1.165) is 12.8 Å². The van der Waals surface area contributed by atoms with Crippen LogP contribution in [0.4, 0.5) is 5.69 Å². The molecule has 1 atom stereocenters. The van der Waals surface area contributed by atoms with E-state index in [-0.39, 0.29) is 11.8 Å². The molecule has 1 amide bonds. The number of anilines is 1. The van der Waals surface area contributed by atoms with Crippen molar-refractivity contribution in [1.29, 1.82) is 0 Å². The van der Waals surface area contributed by atoms with Crippen LogP contribution < -0.4 is 10.2 Å². The van der Waals surface area contributed by atoms with Crippen LogP contribution in [-0.4, -0.2) is 25.5 Å². The number of likely N-dealkylation sites (N-methyl/N-ethyl adjacent to an activating group) is 1. The maximum Gasteiger partial charge on any atom is 0.223 e. The highest BCUT2D eigenvalue weighted by Gasteiger charge is 2.23. The van der Waals surface area contributed by atoms with Gasteiger partial charge in [-0.05, 0) is 31.9 Å². The molecule has 104 valence electrons. The Balaban J connectivity index is 1.80. The molecule has 0 aliphatic heterocycles. The molecule has 0 saturated heterocycles. The fraction of sp³-hybridized carbons (Fsp3) is 0.562. The fourth-order valence-corrected chi connectivity index (χ4v) is 2.64. The van der Waals surface area contributed by atoms with Crippen LogP contribution in [-0.2, 0) is 4.79 Å². The van der Waals surface area contributed by atoms with Crippen LogP contribution in [0, 0.1) is 5.92 Å². The quantitative estimate of drug-likeness (QED) is 0.883. The molecule has 0 bridgehead atoms. The highest BCUT2D eigenvalue weighted by molar-refractivity contribution is 5.78. The van der Waals surface area contributed by atoms with Crippen molar-refractivity contribution in [1.82, 2.24) is 5.32 Å². The lowest BCUT2D eigenvalue weighted by atomic mass is 10.1. The van der Waals surface area contributed by atoms with Crippen LogP contribution in [0.2, 0.25) is 0 Å². The van der Waals surface area contributed by atoms with E-state index in [1.807, 2.05) is 18.2 Å². The van der Waals surface area contributed by atoms with Gasteiger partial charge in [-0.3, -0.25) is 4.79 Å². The maximum atomic E-state index is 12.0. The highest BCUT2D eigenvalue weighted by atomic mass is 16.1. The number of nitrogens with zero attached hydrogens (tertiary/aromatic N) is 1. The second kappa shape index (κ2) is 6.60. The SMILES string of the molecule is CC(CNC(=O)C1CCCC1)N(C)c1ccccc1. The zero-order valence-corrected chi connectivity index (χ0v) is 11.9. The molecule has 3 nitrogen and oxygen atoms in total. The van der Waals surface area contributed by atoms with E-state index in [1.165, 1.54) is 18.5 Å². The van der Waals surface area contributed by atoms with E-state index in [2.05, 4.69) is 36.3 Å². The van der Waals surface area contributed by atoms with Gasteiger partial charge < -0.3 is 10.2 Å². The number of benzene rings is 1. The Labute approximate surface area is 116 Å². The van der Waals surface area contributed by atoms with Crippen LogP contribution in [0.25, 0.3) is 0 Å². The molecule has 1 saturated carbocycles. The second-order valence-electron chi connectivity index (χ2n) is 5.52. The fourth-order valence-electron chi connectivity index (χ4n) is 2.64. The van der Waals surface area contributed by atoms with E-state index in [9.17, 15) is 4.79 Å². The van der Waals surface area contributed by atoms with Gasteiger partial charge in [0.2, 0.25) is 5.91 Å². The van der Waals surface area contributed by atoms with Gasteiger partial charge >= 0.3 is 0 Å². The molecule has 1 aromatic carbocycles. The third-order valence-corrected chi connectivity index (χ3v) is 4.12. The average molecular weight is 260 g/mol. The largest absolute Gasteiger partial charge is 0.370 e. The normalized spacial score (nSPS) is 17.2. The predicted octanol–water partition coefficient (Wildman–Crippen LogP) is 2.82. The van der Waals surface area contributed by atoms with Gasteiger partial charge in [0.1, 0.15) is 0 Å². The first-order valence-corrected chi connectivity index (χ1v) is 7.24. The smallest absolute Gasteiger partial charge is 0.223 e. The van der Waals surface area contributed by atoms with Crippen molar-refractivity contribution in [3.05, 3.63) is 30.3 Å². The lowest BCUT2D eigenvalue weighted by Gasteiger charge is -2.27. The van der Waals surface area contributed by atoms with Crippen LogP contribution in [0.5, 0.6) is 0 Å². The summed E-state index contributed by atoms with van der Waals surface area (Å²) in [5, 5.41) is 3.09. The predicted molar refractivity (Wildman–Crippen MR) is 79.3 cm³/mol. The molecule has 1 aliphatic rings. The van der Waals surface area contributed by atoms with E-state index in [1.54, 1.807) is 0 Å². The van der Waals surface area contributed by atoms with Crippen LogP contribution in [0.15, 0.2) is 30.3 Å². The third-order valence-electron chi connectivity index (χ3n) is 4.12.